The van der Waals surface area contributed by atoms with Crippen molar-refractivity contribution in [3.8, 4) is 0 Å². The van der Waals surface area contributed by atoms with Gasteiger partial charge in [0, 0.05) is 24.7 Å². The number of rotatable bonds is 5. The summed E-state index contributed by atoms with van der Waals surface area (Å²) >= 11 is 0. The molecule has 1 aliphatic heterocycles. The lowest BCUT2D eigenvalue weighted by atomic mass is 10.1. The summed E-state index contributed by atoms with van der Waals surface area (Å²) in [5.74, 6) is 0. The van der Waals surface area contributed by atoms with Crippen LogP contribution >= 0.6 is 0 Å². The zero-order chi connectivity index (χ0) is 12.0. The topological polar surface area (TPSA) is 42.5 Å². The summed E-state index contributed by atoms with van der Waals surface area (Å²) in [5.41, 5.74) is 0.174. The average Bonchev–Trinajstić information content (AvgIpc) is 2.24. The van der Waals surface area contributed by atoms with Crippen LogP contribution in [0.5, 0.6) is 0 Å². The number of hydrogen-bond acceptors (Lipinski definition) is 4. The fraction of sp³-hybridized carbons (Fsp3) is 1.00. The Bertz CT molecular complexity index is 186. The highest BCUT2D eigenvalue weighted by atomic mass is 16.7. The van der Waals surface area contributed by atoms with Gasteiger partial charge in [0.2, 0.25) is 0 Å². The Morgan fingerprint density at radius 3 is 2.44 bits per heavy atom. The smallest absolute Gasteiger partial charge is 0.169 e. The summed E-state index contributed by atoms with van der Waals surface area (Å²) in [7, 11) is 0. The molecule has 0 saturated carbocycles. The van der Waals surface area contributed by atoms with E-state index < -0.39 is 0 Å². The molecule has 4 nitrogen and oxygen atoms in total. The molecule has 0 aromatic carbocycles. The molecule has 0 aromatic rings. The molecule has 1 unspecified atom stereocenters. The van der Waals surface area contributed by atoms with E-state index in [0.717, 1.165) is 32.7 Å². The SMILES string of the molecule is CC(CNC(C)(C)C)NCC1OCCCO1. The molecule has 0 bridgehead atoms. The quantitative estimate of drug-likeness (QED) is 0.742. The minimum Gasteiger partial charge on any atom is -0.351 e. The first-order chi connectivity index (χ1) is 7.47. The van der Waals surface area contributed by atoms with E-state index in [9.17, 15) is 0 Å². The second kappa shape index (κ2) is 6.55. The fourth-order valence-corrected chi connectivity index (χ4v) is 1.48. The molecule has 2 N–H and O–H groups in total. The number of ether oxygens (including phenoxy) is 2. The Morgan fingerprint density at radius 1 is 1.25 bits per heavy atom. The maximum atomic E-state index is 5.47. The van der Waals surface area contributed by atoms with Gasteiger partial charge in [-0.15, -0.1) is 0 Å². The van der Waals surface area contributed by atoms with Gasteiger partial charge >= 0.3 is 0 Å². The predicted octanol–water partition coefficient (Wildman–Crippen LogP) is 1.12. The lowest BCUT2D eigenvalue weighted by Gasteiger charge is -2.27. The summed E-state index contributed by atoms with van der Waals surface area (Å²) < 4.78 is 10.9. The highest BCUT2D eigenvalue weighted by molar-refractivity contribution is 4.74. The lowest BCUT2D eigenvalue weighted by molar-refractivity contribution is -0.175. The molecule has 1 saturated heterocycles. The average molecular weight is 230 g/mol. The minimum atomic E-state index is -0.0640. The molecule has 0 spiro atoms. The first-order valence-corrected chi connectivity index (χ1v) is 6.19. The summed E-state index contributed by atoms with van der Waals surface area (Å²) in [6.45, 7) is 12.1. The molecule has 1 atom stereocenters. The van der Waals surface area contributed by atoms with Crippen molar-refractivity contribution in [1.82, 2.24) is 10.6 Å². The van der Waals surface area contributed by atoms with Crippen molar-refractivity contribution in [2.75, 3.05) is 26.3 Å². The largest absolute Gasteiger partial charge is 0.351 e. The second-order valence-corrected chi connectivity index (χ2v) is 5.46. The van der Waals surface area contributed by atoms with Crippen LogP contribution in [0.2, 0.25) is 0 Å². The van der Waals surface area contributed by atoms with Crippen molar-refractivity contribution in [3.63, 3.8) is 0 Å². The van der Waals surface area contributed by atoms with Crippen LogP contribution in [0.3, 0.4) is 0 Å². The van der Waals surface area contributed by atoms with E-state index in [4.69, 9.17) is 9.47 Å². The minimum absolute atomic E-state index is 0.0640. The van der Waals surface area contributed by atoms with Gasteiger partial charge in [0.1, 0.15) is 0 Å². The van der Waals surface area contributed by atoms with Crippen LogP contribution in [-0.2, 0) is 9.47 Å². The number of hydrogen-bond donors (Lipinski definition) is 2. The van der Waals surface area contributed by atoms with Gasteiger partial charge in [0.05, 0.1) is 13.2 Å². The summed E-state index contributed by atoms with van der Waals surface area (Å²) in [6, 6.07) is 0.424. The van der Waals surface area contributed by atoms with Crippen LogP contribution in [0.1, 0.15) is 34.1 Å². The Kier molecular flexibility index (Phi) is 5.69. The van der Waals surface area contributed by atoms with Crippen molar-refractivity contribution >= 4 is 0 Å². The monoisotopic (exact) mass is 230 g/mol. The fourth-order valence-electron chi connectivity index (χ4n) is 1.48. The van der Waals surface area contributed by atoms with Gasteiger partial charge in [-0.25, -0.2) is 0 Å². The molecule has 1 fully saturated rings. The van der Waals surface area contributed by atoms with E-state index in [1.165, 1.54) is 0 Å². The van der Waals surface area contributed by atoms with Crippen molar-refractivity contribution in [3.05, 3.63) is 0 Å². The van der Waals surface area contributed by atoms with E-state index in [1.54, 1.807) is 0 Å². The van der Waals surface area contributed by atoms with Gasteiger partial charge in [-0.1, -0.05) is 0 Å². The van der Waals surface area contributed by atoms with Crippen LogP contribution in [0.15, 0.2) is 0 Å². The van der Waals surface area contributed by atoms with Crippen LogP contribution in [0.25, 0.3) is 0 Å². The Balaban J connectivity index is 2.07. The van der Waals surface area contributed by atoms with Crippen molar-refractivity contribution in [2.24, 2.45) is 0 Å². The zero-order valence-corrected chi connectivity index (χ0v) is 11.0. The van der Waals surface area contributed by atoms with Gasteiger partial charge in [-0.3, -0.25) is 0 Å². The van der Waals surface area contributed by atoms with E-state index >= 15 is 0 Å². The zero-order valence-electron chi connectivity index (χ0n) is 11.0. The molecular formula is C12H26N2O2. The molecule has 0 aliphatic carbocycles. The standard InChI is InChI=1S/C12H26N2O2/c1-10(8-14-12(2,3)4)13-9-11-15-6-5-7-16-11/h10-11,13-14H,5-9H2,1-4H3. The highest BCUT2D eigenvalue weighted by Gasteiger charge is 2.15. The third kappa shape index (κ3) is 6.43. The van der Waals surface area contributed by atoms with E-state index in [1.807, 2.05) is 0 Å². The molecular weight excluding hydrogens is 204 g/mol. The first kappa shape index (κ1) is 13.9. The molecule has 96 valence electrons. The van der Waals surface area contributed by atoms with E-state index in [0.29, 0.717) is 6.04 Å². The molecule has 1 rings (SSSR count). The molecule has 1 aliphatic rings. The Morgan fingerprint density at radius 2 is 1.88 bits per heavy atom. The van der Waals surface area contributed by atoms with Crippen LogP contribution in [0.4, 0.5) is 0 Å². The van der Waals surface area contributed by atoms with E-state index in [2.05, 4.69) is 38.3 Å². The van der Waals surface area contributed by atoms with E-state index in [-0.39, 0.29) is 11.8 Å². The third-order valence-corrected chi connectivity index (χ3v) is 2.47. The van der Waals surface area contributed by atoms with Gasteiger partial charge in [0.15, 0.2) is 6.29 Å². The molecule has 4 heteroatoms. The van der Waals surface area contributed by atoms with Crippen molar-refractivity contribution < 1.29 is 9.47 Å². The van der Waals surface area contributed by atoms with Gasteiger partial charge in [-0.05, 0) is 34.1 Å². The van der Waals surface area contributed by atoms with Gasteiger partial charge in [0.25, 0.3) is 0 Å². The molecule has 0 amide bonds. The van der Waals surface area contributed by atoms with Crippen LogP contribution < -0.4 is 10.6 Å². The van der Waals surface area contributed by atoms with Gasteiger partial charge < -0.3 is 20.1 Å². The molecule has 0 aromatic heterocycles. The van der Waals surface area contributed by atoms with Crippen molar-refractivity contribution in [1.29, 1.82) is 0 Å². The first-order valence-electron chi connectivity index (χ1n) is 6.19. The third-order valence-electron chi connectivity index (χ3n) is 2.47. The number of nitrogens with one attached hydrogen (secondary N) is 2. The molecule has 16 heavy (non-hydrogen) atoms. The van der Waals surface area contributed by atoms with Crippen molar-refractivity contribution in [2.45, 2.75) is 52.0 Å². The maximum Gasteiger partial charge on any atom is 0.169 e. The lowest BCUT2D eigenvalue weighted by Crippen LogP contribution is -2.47. The summed E-state index contributed by atoms with van der Waals surface area (Å²) in [6.07, 6.45) is 0.948. The highest BCUT2D eigenvalue weighted by Crippen LogP contribution is 2.03. The Labute approximate surface area is 99.1 Å². The second-order valence-electron chi connectivity index (χ2n) is 5.46. The summed E-state index contributed by atoms with van der Waals surface area (Å²) in [4.78, 5) is 0. The van der Waals surface area contributed by atoms with Crippen LogP contribution in [-0.4, -0.2) is 44.2 Å². The van der Waals surface area contributed by atoms with Gasteiger partial charge in [-0.2, -0.15) is 0 Å². The Hall–Kier alpha value is -0.160. The normalized spacial score (nSPS) is 21.0. The van der Waals surface area contributed by atoms with Crippen LogP contribution in [0, 0.1) is 0 Å². The molecule has 1 heterocycles. The summed E-state index contributed by atoms with van der Waals surface area (Å²) in [5, 5.41) is 6.88. The maximum absolute atomic E-state index is 5.47. The molecule has 0 radical (unpaired) electrons. The predicted molar refractivity (Wildman–Crippen MR) is 65.5 cm³/mol.